The number of benzene rings is 1. The fourth-order valence-electron chi connectivity index (χ4n) is 3.24. The number of ether oxygens (including phenoxy) is 1. The average molecular weight is 399 g/mol. The predicted molar refractivity (Wildman–Crippen MR) is 103 cm³/mol. The number of hydrogen-bond acceptors (Lipinski definition) is 5. The zero-order chi connectivity index (χ0) is 20.0. The third-order valence-electron chi connectivity index (χ3n) is 4.73. The largest absolute Gasteiger partial charge is 0.493 e. The quantitative estimate of drug-likeness (QED) is 0.687. The van der Waals surface area contributed by atoms with E-state index >= 15 is 0 Å². The van der Waals surface area contributed by atoms with E-state index in [1.807, 2.05) is 11.8 Å². The third kappa shape index (κ3) is 5.92. The van der Waals surface area contributed by atoms with Crippen LogP contribution in [0.15, 0.2) is 29.2 Å². The number of likely N-dealkylation sites (N-methyl/N-ethyl adjacent to an activating group) is 1. The molecule has 1 aliphatic heterocycles. The minimum atomic E-state index is -3.55. The maximum absolute atomic E-state index is 12.9. The van der Waals surface area contributed by atoms with Gasteiger partial charge in [-0.25, -0.2) is 8.42 Å². The Balaban J connectivity index is 1.99. The molecule has 1 heterocycles. The number of hydrogen-bond donors (Lipinski definition) is 1. The second kappa shape index (κ2) is 9.52. The van der Waals surface area contributed by atoms with Gasteiger partial charge in [0.05, 0.1) is 18.0 Å². The van der Waals surface area contributed by atoms with E-state index in [1.165, 1.54) is 4.31 Å². The summed E-state index contributed by atoms with van der Waals surface area (Å²) in [4.78, 5) is 13.1. The van der Waals surface area contributed by atoms with Crippen LogP contribution in [-0.2, 0) is 14.8 Å². The summed E-state index contributed by atoms with van der Waals surface area (Å²) in [6.07, 6.45) is 1.27. The van der Waals surface area contributed by atoms with Crippen LogP contribution < -0.4 is 4.74 Å². The number of rotatable bonds is 9. The van der Waals surface area contributed by atoms with Crippen molar-refractivity contribution in [1.29, 1.82) is 0 Å². The highest BCUT2D eigenvalue weighted by molar-refractivity contribution is 7.89. The van der Waals surface area contributed by atoms with Gasteiger partial charge in [-0.1, -0.05) is 20.8 Å². The smallest absolute Gasteiger partial charge is 0.317 e. The highest BCUT2D eigenvalue weighted by atomic mass is 32.2. The normalized spacial score (nSPS) is 16.8. The Labute approximate surface area is 162 Å². The summed E-state index contributed by atoms with van der Waals surface area (Å²) >= 11 is 0. The Morgan fingerprint density at radius 2 is 1.85 bits per heavy atom. The summed E-state index contributed by atoms with van der Waals surface area (Å²) in [6.45, 7) is 8.05. The van der Waals surface area contributed by atoms with Crippen LogP contribution in [0.4, 0.5) is 0 Å². The fourth-order valence-corrected chi connectivity index (χ4v) is 4.71. The van der Waals surface area contributed by atoms with E-state index in [0.717, 1.165) is 0 Å². The number of sulfonamides is 1. The molecule has 7 nitrogen and oxygen atoms in total. The summed E-state index contributed by atoms with van der Waals surface area (Å²) < 4.78 is 32.8. The molecular formula is C19H30N2O5S. The Kier molecular flexibility index (Phi) is 7.64. The number of carbonyl (C=O) groups is 1. The van der Waals surface area contributed by atoms with Gasteiger partial charge in [-0.05, 0) is 49.6 Å². The second-order valence-electron chi connectivity index (χ2n) is 7.27. The molecule has 0 amide bonds. The highest BCUT2D eigenvalue weighted by Crippen LogP contribution is 2.24. The molecule has 0 saturated carbocycles. The molecule has 0 atom stereocenters. The van der Waals surface area contributed by atoms with Crippen molar-refractivity contribution in [3.63, 3.8) is 0 Å². The SMILES string of the molecule is CCN(CC(=O)O)C1CCN(S(=O)(=O)c2ccc(OCC(C)C)cc2)CC1. The summed E-state index contributed by atoms with van der Waals surface area (Å²) in [7, 11) is -3.55. The molecular weight excluding hydrogens is 368 g/mol. The maximum atomic E-state index is 12.9. The van der Waals surface area contributed by atoms with E-state index in [4.69, 9.17) is 9.84 Å². The van der Waals surface area contributed by atoms with Crippen LogP contribution in [-0.4, -0.2) is 67.5 Å². The molecule has 1 fully saturated rings. The Bertz CT molecular complexity index is 710. The minimum Gasteiger partial charge on any atom is -0.493 e. The topological polar surface area (TPSA) is 87.2 Å². The van der Waals surface area contributed by atoms with Crippen LogP contribution in [0.3, 0.4) is 0 Å². The molecule has 0 radical (unpaired) electrons. The van der Waals surface area contributed by atoms with E-state index in [-0.39, 0.29) is 17.5 Å². The summed E-state index contributed by atoms with van der Waals surface area (Å²) in [6, 6.07) is 6.64. The first-order chi connectivity index (χ1) is 12.7. The van der Waals surface area contributed by atoms with E-state index < -0.39 is 16.0 Å². The summed E-state index contributed by atoms with van der Waals surface area (Å²) in [5.74, 6) is 0.207. The van der Waals surface area contributed by atoms with Crippen molar-refractivity contribution in [3.05, 3.63) is 24.3 Å². The van der Waals surface area contributed by atoms with Gasteiger partial charge in [0.25, 0.3) is 0 Å². The predicted octanol–water partition coefficient (Wildman–Crippen LogP) is 2.28. The molecule has 0 bridgehead atoms. The van der Waals surface area contributed by atoms with Crippen LogP contribution in [0.25, 0.3) is 0 Å². The second-order valence-corrected chi connectivity index (χ2v) is 9.21. The number of nitrogens with zero attached hydrogens (tertiary/aromatic N) is 2. The van der Waals surface area contributed by atoms with Gasteiger partial charge in [-0.2, -0.15) is 4.31 Å². The first-order valence-corrected chi connectivity index (χ1v) is 10.9. The molecule has 1 aromatic rings. The first-order valence-electron chi connectivity index (χ1n) is 9.43. The molecule has 1 aliphatic rings. The standard InChI is InChI=1S/C19H30N2O5S/c1-4-20(13-19(22)23)16-9-11-21(12-10-16)27(24,25)18-7-5-17(6-8-18)26-14-15(2)3/h5-8,15-16H,4,9-14H2,1-3H3,(H,22,23). The molecule has 0 spiro atoms. The summed E-state index contributed by atoms with van der Waals surface area (Å²) in [5.41, 5.74) is 0. The molecule has 8 heteroatoms. The Morgan fingerprint density at radius 1 is 1.26 bits per heavy atom. The van der Waals surface area contributed by atoms with Crippen molar-refractivity contribution in [3.8, 4) is 5.75 Å². The monoisotopic (exact) mass is 398 g/mol. The minimum absolute atomic E-state index is 0.00818. The Morgan fingerprint density at radius 3 is 2.33 bits per heavy atom. The van der Waals surface area contributed by atoms with Crippen LogP contribution in [0.1, 0.15) is 33.6 Å². The zero-order valence-electron chi connectivity index (χ0n) is 16.3. The average Bonchev–Trinajstić information content (AvgIpc) is 2.64. The maximum Gasteiger partial charge on any atom is 0.317 e. The molecule has 1 saturated heterocycles. The van der Waals surface area contributed by atoms with Crippen LogP contribution in [0, 0.1) is 5.92 Å². The van der Waals surface area contributed by atoms with Gasteiger partial charge >= 0.3 is 5.97 Å². The fraction of sp³-hybridized carbons (Fsp3) is 0.632. The van der Waals surface area contributed by atoms with E-state index in [0.29, 0.717) is 50.8 Å². The molecule has 0 unspecified atom stereocenters. The number of carboxylic acids is 1. The van der Waals surface area contributed by atoms with Crippen molar-refractivity contribution >= 4 is 16.0 Å². The van der Waals surface area contributed by atoms with Gasteiger partial charge in [0.15, 0.2) is 0 Å². The first kappa shape index (κ1) is 21.7. The molecule has 1 N–H and O–H groups in total. The lowest BCUT2D eigenvalue weighted by Gasteiger charge is -2.36. The number of carboxylic acid groups (broad SMARTS) is 1. The lowest BCUT2D eigenvalue weighted by Crippen LogP contribution is -2.48. The molecule has 27 heavy (non-hydrogen) atoms. The zero-order valence-corrected chi connectivity index (χ0v) is 17.1. The van der Waals surface area contributed by atoms with Gasteiger partial charge in [-0.15, -0.1) is 0 Å². The van der Waals surface area contributed by atoms with Crippen LogP contribution >= 0.6 is 0 Å². The van der Waals surface area contributed by atoms with Crippen molar-refractivity contribution in [2.45, 2.75) is 44.6 Å². The molecule has 1 aromatic carbocycles. The number of piperidine rings is 1. The third-order valence-corrected chi connectivity index (χ3v) is 6.64. The van der Waals surface area contributed by atoms with E-state index in [2.05, 4.69) is 13.8 Å². The highest BCUT2D eigenvalue weighted by Gasteiger charge is 2.31. The van der Waals surface area contributed by atoms with Gasteiger partial charge in [-0.3, -0.25) is 9.69 Å². The van der Waals surface area contributed by atoms with E-state index in [9.17, 15) is 13.2 Å². The lowest BCUT2D eigenvalue weighted by molar-refractivity contribution is -0.139. The van der Waals surface area contributed by atoms with Crippen LogP contribution in [0.2, 0.25) is 0 Å². The van der Waals surface area contributed by atoms with Crippen molar-refractivity contribution < 1.29 is 23.1 Å². The molecule has 152 valence electrons. The van der Waals surface area contributed by atoms with E-state index in [1.54, 1.807) is 24.3 Å². The molecule has 0 aliphatic carbocycles. The van der Waals surface area contributed by atoms with Crippen molar-refractivity contribution in [1.82, 2.24) is 9.21 Å². The van der Waals surface area contributed by atoms with Gasteiger partial charge in [0.1, 0.15) is 5.75 Å². The molecule has 0 aromatic heterocycles. The summed E-state index contributed by atoms with van der Waals surface area (Å²) in [5, 5.41) is 9.01. The van der Waals surface area contributed by atoms with Crippen molar-refractivity contribution in [2.24, 2.45) is 5.92 Å². The number of aliphatic carboxylic acids is 1. The molecule has 2 rings (SSSR count). The van der Waals surface area contributed by atoms with Crippen LogP contribution in [0.5, 0.6) is 5.75 Å². The Hall–Kier alpha value is -1.64. The lowest BCUT2D eigenvalue weighted by atomic mass is 10.0. The van der Waals surface area contributed by atoms with Gasteiger partial charge < -0.3 is 9.84 Å². The van der Waals surface area contributed by atoms with Gasteiger partial charge in [0.2, 0.25) is 10.0 Å². The van der Waals surface area contributed by atoms with Gasteiger partial charge in [0, 0.05) is 19.1 Å². The van der Waals surface area contributed by atoms with Crippen molar-refractivity contribution in [2.75, 3.05) is 32.8 Å².